The van der Waals surface area contributed by atoms with Gasteiger partial charge in [-0.25, -0.2) is 8.42 Å². The van der Waals surface area contributed by atoms with Crippen LogP contribution in [0.25, 0.3) is 0 Å². The Hall–Kier alpha value is -2.54. The molecule has 2 aromatic carbocycles. The molecule has 1 N–H and O–H groups in total. The highest BCUT2D eigenvalue weighted by atomic mass is 32.2. The monoisotopic (exact) mass is 388 g/mol. The maximum Gasteiger partial charge on any atom is 0.255 e. The van der Waals surface area contributed by atoms with Crippen LogP contribution in [-0.2, 0) is 10.0 Å². The molecule has 0 radical (unpaired) electrons. The van der Waals surface area contributed by atoms with Crippen LogP contribution in [0, 0.1) is 0 Å². The van der Waals surface area contributed by atoms with E-state index in [4.69, 9.17) is 4.74 Å². The quantitative estimate of drug-likeness (QED) is 0.848. The second kappa shape index (κ2) is 8.00. The molecular formula is C20H24N2O4S. The fraction of sp³-hybridized carbons (Fsp3) is 0.350. The summed E-state index contributed by atoms with van der Waals surface area (Å²) in [5.41, 5.74) is 1.55. The predicted molar refractivity (Wildman–Crippen MR) is 107 cm³/mol. The number of nitrogens with zero attached hydrogens (tertiary/aromatic N) is 1. The smallest absolute Gasteiger partial charge is 0.255 e. The number of sulfonamides is 1. The molecular weight excluding hydrogens is 364 g/mol. The van der Waals surface area contributed by atoms with Crippen LogP contribution in [0.3, 0.4) is 0 Å². The van der Waals surface area contributed by atoms with Gasteiger partial charge in [0.25, 0.3) is 5.91 Å². The highest BCUT2D eigenvalue weighted by molar-refractivity contribution is 7.92. The summed E-state index contributed by atoms with van der Waals surface area (Å²) >= 11 is 0. The number of nitrogens with one attached hydrogen (secondary N) is 1. The SMILES string of the molecule is CC(C)Oc1cccc(NC(=O)c2cccc(N3CCCCS3(=O)=O)c2)c1. The van der Waals surface area contributed by atoms with Crippen molar-refractivity contribution in [2.24, 2.45) is 0 Å². The summed E-state index contributed by atoms with van der Waals surface area (Å²) < 4.78 is 31.6. The van der Waals surface area contributed by atoms with Crippen molar-refractivity contribution in [2.75, 3.05) is 21.9 Å². The summed E-state index contributed by atoms with van der Waals surface area (Å²) in [6.45, 7) is 4.32. The second-order valence-corrected chi connectivity index (χ2v) is 8.81. The normalized spacial score (nSPS) is 16.2. The zero-order valence-corrected chi connectivity index (χ0v) is 16.3. The number of hydrogen-bond acceptors (Lipinski definition) is 4. The molecule has 0 atom stereocenters. The van der Waals surface area contributed by atoms with Crippen molar-refractivity contribution in [1.29, 1.82) is 0 Å². The second-order valence-electron chi connectivity index (χ2n) is 6.79. The van der Waals surface area contributed by atoms with Gasteiger partial charge in [0.2, 0.25) is 10.0 Å². The molecule has 1 aliphatic rings. The largest absolute Gasteiger partial charge is 0.491 e. The Bertz CT molecular complexity index is 925. The molecule has 7 heteroatoms. The minimum absolute atomic E-state index is 0.0409. The molecule has 27 heavy (non-hydrogen) atoms. The summed E-state index contributed by atoms with van der Waals surface area (Å²) in [7, 11) is -3.31. The van der Waals surface area contributed by atoms with Crippen LogP contribution in [-0.4, -0.2) is 32.7 Å². The molecule has 0 aromatic heterocycles. The number of amides is 1. The van der Waals surface area contributed by atoms with Crippen LogP contribution < -0.4 is 14.4 Å². The number of carbonyl (C=O) groups is 1. The van der Waals surface area contributed by atoms with Crippen LogP contribution in [0.4, 0.5) is 11.4 Å². The molecule has 0 aliphatic carbocycles. The van der Waals surface area contributed by atoms with Crippen LogP contribution in [0.2, 0.25) is 0 Å². The van der Waals surface area contributed by atoms with Crippen LogP contribution >= 0.6 is 0 Å². The van der Waals surface area contributed by atoms with E-state index in [1.807, 2.05) is 26.0 Å². The van der Waals surface area contributed by atoms with E-state index in [1.165, 1.54) is 4.31 Å². The topological polar surface area (TPSA) is 75.7 Å². The zero-order chi connectivity index (χ0) is 19.4. The number of hydrogen-bond donors (Lipinski definition) is 1. The number of ether oxygens (including phenoxy) is 1. The van der Waals surface area contributed by atoms with Gasteiger partial charge in [-0.05, 0) is 57.0 Å². The van der Waals surface area contributed by atoms with Gasteiger partial charge in [-0.1, -0.05) is 12.1 Å². The lowest BCUT2D eigenvalue weighted by Gasteiger charge is -2.28. The lowest BCUT2D eigenvalue weighted by molar-refractivity contribution is 0.102. The predicted octanol–water partition coefficient (Wildman–Crippen LogP) is 3.66. The average Bonchev–Trinajstić information content (AvgIpc) is 2.61. The Morgan fingerprint density at radius 3 is 2.63 bits per heavy atom. The molecule has 2 aromatic rings. The first-order valence-corrected chi connectivity index (χ1v) is 10.6. The highest BCUT2D eigenvalue weighted by Gasteiger charge is 2.26. The minimum atomic E-state index is -3.31. The van der Waals surface area contributed by atoms with E-state index in [1.54, 1.807) is 36.4 Å². The lowest BCUT2D eigenvalue weighted by Crippen LogP contribution is -2.37. The number of rotatable bonds is 5. The third-order valence-corrected chi connectivity index (χ3v) is 6.08. The Kier molecular flexibility index (Phi) is 5.70. The number of carbonyl (C=O) groups excluding carboxylic acids is 1. The summed E-state index contributed by atoms with van der Waals surface area (Å²) in [5.74, 6) is 0.524. The molecule has 1 heterocycles. The summed E-state index contributed by atoms with van der Waals surface area (Å²) in [6.07, 6.45) is 1.53. The van der Waals surface area contributed by atoms with Gasteiger partial charge in [0.15, 0.2) is 0 Å². The fourth-order valence-electron chi connectivity index (χ4n) is 3.00. The van der Waals surface area contributed by atoms with Crippen LogP contribution in [0.15, 0.2) is 48.5 Å². The van der Waals surface area contributed by atoms with Crippen LogP contribution in [0.1, 0.15) is 37.0 Å². The summed E-state index contributed by atoms with van der Waals surface area (Å²) in [6, 6.07) is 13.9. The maximum absolute atomic E-state index is 12.6. The molecule has 0 spiro atoms. The van der Waals surface area contributed by atoms with Crippen molar-refractivity contribution in [2.45, 2.75) is 32.8 Å². The van der Waals surface area contributed by atoms with Crippen molar-refractivity contribution in [3.05, 3.63) is 54.1 Å². The Labute approximate surface area is 160 Å². The molecule has 1 saturated heterocycles. The lowest BCUT2D eigenvalue weighted by atomic mass is 10.1. The Balaban J connectivity index is 1.78. The molecule has 1 amide bonds. The van der Waals surface area contributed by atoms with Gasteiger partial charge in [-0.2, -0.15) is 0 Å². The molecule has 0 bridgehead atoms. The van der Waals surface area contributed by atoms with Crippen molar-refractivity contribution >= 4 is 27.3 Å². The van der Waals surface area contributed by atoms with Crippen LogP contribution in [0.5, 0.6) is 5.75 Å². The van der Waals surface area contributed by atoms with E-state index < -0.39 is 10.0 Å². The molecule has 1 fully saturated rings. The highest BCUT2D eigenvalue weighted by Crippen LogP contribution is 2.25. The van der Waals surface area contributed by atoms with Crippen molar-refractivity contribution in [1.82, 2.24) is 0 Å². The van der Waals surface area contributed by atoms with E-state index in [2.05, 4.69) is 5.32 Å². The van der Waals surface area contributed by atoms with Gasteiger partial charge >= 0.3 is 0 Å². The van der Waals surface area contributed by atoms with Crippen molar-refractivity contribution in [3.8, 4) is 5.75 Å². The number of anilines is 2. The van der Waals surface area contributed by atoms with E-state index in [0.717, 1.165) is 6.42 Å². The van der Waals surface area contributed by atoms with Gasteiger partial charge in [0.1, 0.15) is 5.75 Å². The fourth-order valence-corrected chi connectivity index (χ4v) is 4.64. The van der Waals surface area contributed by atoms with E-state index in [0.29, 0.717) is 35.7 Å². The molecule has 6 nitrogen and oxygen atoms in total. The number of benzene rings is 2. The van der Waals surface area contributed by atoms with Crippen molar-refractivity contribution < 1.29 is 17.9 Å². The van der Waals surface area contributed by atoms with E-state index in [-0.39, 0.29) is 17.8 Å². The van der Waals surface area contributed by atoms with E-state index >= 15 is 0 Å². The first-order valence-electron chi connectivity index (χ1n) is 9.04. The third-order valence-electron chi connectivity index (χ3n) is 4.21. The van der Waals surface area contributed by atoms with Crippen molar-refractivity contribution in [3.63, 3.8) is 0 Å². The molecule has 1 aliphatic heterocycles. The first kappa shape index (κ1) is 19.2. The van der Waals surface area contributed by atoms with Gasteiger partial charge < -0.3 is 10.1 Å². The Morgan fingerprint density at radius 1 is 1.11 bits per heavy atom. The molecule has 3 rings (SSSR count). The Morgan fingerprint density at radius 2 is 1.89 bits per heavy atom. The third kappa shape index (κ3) is 4.80. The molecule has 0 saturated carbocycles. The van der Waals surface area contributed by atoms with Gasteiger partial charge in [-0.3, -0.25) is 9.10 Å². The van der Waals surface area contributed by atoms with Gasteiger partial charge in [0.05, 0.1) is 17.5 Å². The summed E-state index contributed by atoms with van der Waals surface area (Å²) in [5, 5.41) is 2.84. The minimum Gasteiger partial charge on any atom is -0.491 e. The van der Waals surface area contributed by atoms with E-state index in [9.17, 15) is 13.2 Å². The zero-order valence-electron chi connectivity index (χ0n) is 15.5. The van der Waals surface area contributed by atoms with Gasteiger partial charge in [-0.15, -0.1) is 0 Å². The molecule has 144 valence electrons. The van der Waals surface area contributed by atoms with Gasteiger partial charge in [0, 0.05) is 23.9 Å². The first-order chi connectivity index (χ1) is 12.8. The molecule has 0 unspecified atom stereocenters. The standard InChI is InChI=1S/C20H24N2O4S/c1-15(2)26-19-10-6-8-17(14-19)21-20(23)16-7-5-9-18(13-16)22-11-3-4-12-27(22,24)25/h5-10,13-15H,3-4,11-12H2,1-2H3,(H,21,23). The summed E-state index contributed by atoms with van der Waals surface area (Å²) in [4.78, 5) is 12.6. The maximum atomic E-state index is 12.6. The average molecular weight is 388 g/mol.